The minimum atomic E-state index is -0.396. The maximum Gasteiger partial charge on any atom is 0.262 e. The number of ether oxygens (including phenoxy) is 1. The van der Waals surface area contributed by atoms with Crippen molar-refractivity contribution in [1.82, 2.24) is 5.32 Å². The third kappa shape index (κ3) is 6.10. The van der Waals surface area contributed by atoms with Gasteiger partial charge in [0.1, 0.15) is 5.75 Å². The Balaban J connectivity index is 1.28. The molecule has 0 spiro atoms. The van der Waals surface area contributed by atoms with Crippen molar-refractivity contribution in [3.63, 3.8) is 0 Å². The SMILES string of the molecule is CCc1ccccc1NC(=O)COc1ccc(N2C[C@H](C(=O)NCc3ccccc3C)CC2=O)cc1. The average molecular weight is 486 g/mol. The lowest BCUT2D eigenvalue weighted by molar-refractivity contribution is -0.126. The zero-order valence-corrected chi connectivity index (χ0v) is 20.6. The zero-order valence-electron chi connectivity index (χ0n) is 20.6. The van der Waals surface area contributed by atoms with Crippen molar-refractivity contribution >= 4 is 29.1 Å². The van der Waals surface area contributed by atoms with Crippen LogP contribution in [0.4, 0.5) is 11.4 Å². The highest BCUT2D eigenvalue weighted by atomic mass is 16.5. The number of hydrogen-bond acceptors (Lipinski definition) is 4. The Morgan fingerprint density at radius 1 is 0.972 bits per heavy atom. The van der Waals surface area contributed by atoms with E-state index < -0.39 is 5.92 Å². The van der Waals surface area contributed by atoms with Gasteiger partial charge >= 0.3 is 0 Å². The first kappa shape index (κ1) is 25.0. The molecule has 3 aromatic carbocycles. The summed E-state index contributed by atoms with van der Waals surface area (Å²) in [4.78, 5) is 39.2. The third-order valence-corrected chi connectivity index (χ3v) is 6.40. The Morgan fingerprint density at radius 2 is 1.67 bits per heavy atom. The van der Waals surface area contributed by atoms with E-state index in [0.717, 1.165) is 28.8 Å². The van der Waals surface area contributed by atoms with Gasteiger partial charge in [0.05, 0.1) is 5.92 Å². The number of benzene rings is 3. The molecule has 7 heteroatoms. The van der Waals surface area contributed by atoms with Crippen LogP contribution in [0.1, 0.15) is 30.0 Å². The summed E-state index contributed by atoms with van der Waals surface area (Å²) in [6.45, 7) is 4.70. The second-order valence-electron chi connectivity index (χ2n) is 8.89. The summed E-state index contributed by atoms with van der Waals surface area (Å²) >= 11 is 0. The molecule has 0 radical (unpaired) electrons. The molecule has 0 aliphatic carbocycles. The molecule has 0 bridgehead atoms. The number of rotatable bonds is 9. The summed E-state index contributed by atoms with van der Waals surface area (Å²) in [6, 6.07) is 22.6. The fourth-order valence-electron chi connectivity index (χ4n) is 4.28. The summed E-state index contributed by atoms with van der Waals surface area (Å²) in [6.07, 6.45) is 1.00. The molecule has 0 unspecified atom stereocenters. The molecular weight excluding hydrogens is 454 g/mol. The van der Waals surface area contributed by atoms with Gasteiger partial charge < -0.3 is 20.3 Å². The summed E-state index contributed by atoms with van der Waals surface area (Å²) in [5, 5.41) is 5.84. The predicted molar refractivity (Wildman–Crippen MR) is 140 cm³/mol. The van der Waals surface area contributed by atoms with E-state index in [0.29, 0.717) is 24.5 Å². The van der Waals surface area contributed by atoms with Crippen molar-refractivity contribution < 1.29 is 19.1 Å². The number of carbonyl (C=O) groups is 3. The number of amides is 3. The standard InChI is InChI=1S/C29H31N3O4/c1-3-21-9-6-7-11-26(21)31-27(33)19-36-25-14-12-24(13-15-25)32-18-23(16-28(32)34)29(35)30-17-22-10-5-4-8-20(22)2/h4-15,23H,3,16-19H2,1-2H3,(H,30,35)(H,31,33)/t23-/m1/s1. The lowest BCUT2D eigenvalue weighted by Crippen LogP contribution is -2.32. The van der Waals surface area contributed by atoms with Gasteiger partial charge in [-0.2, -0.15) is 0 Å². The van der Waals surface area contributed by atoms with Crippen LogP contribution in [0.2, 0.25) is 0 Å². The Bertz CT molecular complexity index is 1240. The highest BCUT2D eigenvalue weighted by Crippen LogP contribution is 2.27. The molecule has 3 aromatic rings. The topological polar surface area (TPSA) is 87.7 Å². The van der Waals surface area contributed by atoms with Crippen molar-refractivity contribution in [2.75, 3.05) is 23.4 Å². The molecule has 2 N–H and O–H groups in total. The molecule has 0 saturated carbocycles. The molecule has 1 fully saturated rings. The molecule has 7 nitrogen and oxygen atoms in total. The molecule has 3 amide bonds. The summed E-state index contributed by atoms with van der Waals surface area (Å²) < 4.78 is 5.62. The highest BCUT2D eigenvalue weighted by Gasteiger charge is 2.35. The second-order valence-corrected chi connectivity index (χ2v) is 8.89. The van der Waals surface area contributed by atoms with E-state index in [1.165, 1.54) is 0 Å². The number of anilines is 2. The van der Waals surface area contributed by atoms with Gasteiger partial charge in [-0.15, -0.1) is 0 Å². The van der Waals surface area contributed by atoms with Crippen LogP contribution in [-0.4, -0.2) is 30.9 Å². The quantitative estimate of drug-likeness (QED) is 0.475. The number of para-hydroxylation sites is 1. The Kier molecular flexibility index (Phi) is 8.00. The molecular formula is C29H31N3O4. The van der Waals surface area contributed by atoms with Gasteiger partial charge in [-0.25, -0.2) is 0 Å². The number of carbonyl (C=O) groups excluding carboxylic acids is 3. The lowest BCUT2D eigenvalue weighted by Gasteiger charge is -2.17. The smallest absolute Gasteiger partial charge is 0.262 e. The van der Waals surface area contributed by atoms with Crippen LogP contribution in [0.3, 0.4) is 0 Å². The second kappa shape index (κ2) is 11.5. The van der Waals surface area contributed by atoms with E-state index in [9.17, 15) is 14.4 Å². The fraction of sp³-hybridized carbons (Fsp3) is 0.276. The van der Waals surface area contributed by atoms with Crippen LogP contribution in [0.5, 0.6) is 5.75 Å². The van der Waals surface area contributed by atoms with E-state index in [4.69, 9.17) is 4.74 Å². The van der Waals surface area contributed by atoms with Gasteiger partial charge in [0.25, 0.3) is 5.91 Å². The number of nitrogens with zero attached hydrogens (tertiary/aromatic N) is 1. The molecule has 1 atom stereocenters. The van der Waals surface area contributed by atoms with Crippen molar-refractivity contribution in [3.8, 4) is 5.75 Å². The molecule has 4 rings (SSSR count). The maximum atomic E-state index is 12.7. The van der Waals surface area contributed by atoms with Crippen LogP contribution < -0.4 is 20.3 Å². The lowest BCUT2D eigenvalue weighted by atomic mass is 10.1. The van der Waals surface area contributed by atoms with Crippen LogP contribution >= 0.6 is 0 Å². The van der Waals surface area contributed by atoms with Gasteiger partial charge in [-0.1, -0.05) is 49.4 Å². The largest absolute Gasteiger partial charge is 0.484 e. The van der Waals surface area contributed by atoms with Crippen LogP contribution in [0.25, 0.3) is 0 Å². The van der Waals surface area contributed by atoms with Crippen molar-refractivity contribution in [2.45, 2.75) is 33.2 Å². The van der Waals surface area contributed by atoms with Crippen LogP contribution in [0, 0.1) is 12.8 Å². The van der Waals surface area contributed by atoms with Gasteiger partial charge in [0, 0.05) is 30.9 Å². The minimum absolute atomic E-state index is 0.0892. The van der Waals surface area contributed by atoms with Crippen LogP contribution in [0.15, 0.2) is 72.8 Å². The van der Waals surface area contributed by atoms with E-state index in [2.05, 4.69) is 10.6 Å². The third-order valence-electron chi connectivity index (χ3n) is 6.40. The van der Waals surface area contributed by atoms with Gasteiger partial charge in [-0.3, -0.25) is 14.4 Å². The molecule has 0 aromatic heterocycles. The Morgan fingerprint density at radius 3 is 2.39 bits per heavy atom. The summed E-state index contributed by atoms with van der Waals surface area (Å²) in [5.41, 5.74) is 4.72. The molecule has 1 aliphatic heterocycles. The maximum absolute atomic E-state index is 12.7. The predicted octanol–water partition coefficient (Wildman–Crippen LogP) is 4.24. The normalized spacial score (nSPS) is 15.0. The number of nitrogens with one attached hydrogen (secondary N) is 2. The van der Waals surface area contributed by atoms with Gasteiger partial charge in [0.15, 0.2) is 6.61 Å². The van der Waals surface area contributed by atoms with Gasteiger partial charge in [0.2, 0.25) is 11.8 Å². The highest BCUT2D eigenvalue weighted by molar-refractivity contribution is 6.00. The first-order valence-electron chi connectivity index (χ1n) is 12.2. The fourth-order valence-corrected chi connectivity index (χ4v) is 4.28. The molecule has 1 heterocycles. The number of aryl methyl sites for hydroxylation is 2. The molecule has 186 valence electrons. The summed E-state index contributed by atoms with van der Waals surface area (Å²) in [7, 11) is 0. The first-order chi connectivity index (χ1) is 17.4. The Labute approximate surface area is 211 Å². The van der Waals surface area contributed by atoms with E-state index in [-0.39, 0.29) is 30.7 Å². The first-order valence-corrected chi connectivity index (χ1v) is 12.2. The Hall–Kier alpha value is -4.13. The minimum Gasteiger partial charge on any atom is -0.484 e. The zero-order chi connectivity index (χ0) is 25.5. The van der Waals surface area contributed by atoms with Crippen molar-refractivity contribution in [3.05, 3.63) is 89.5 Å². The van der Waals surface area contributed by atoms with Crippen molar-refractivity contribution in [2.24, 2.45) is 5.92 Å². The molecule has 36 heavy (non-hydrogen) atoms. The summed E-state index contributed by atoms with van der Waals surface area (Å²) in [5.74, 6) is -0.323. The molecule has 1 aliphatic rings. The van der Waals surface area contributed by atoms with Crippen LogP contribution in [-0.2, 0) is 27.3 Å². The monoisotopic (exact) mass is 485 g/mol. The van der Waals surface area contributed by atoms with E-state index in [1.54, 1.807) is 29.2 Å². The van der Waals surface area contributed by atoms with E-state index >= 15 is 0 Å². The average Bonchev–Trinajstić information content (AvgIpc) is 3.29. The molecule has 1 saturated heterocycles. The number of hydrogen-bond donors (Lipinski definition) is 2. The van der Waals surface area contributed by atoms with E-state index in [1.807, 2.05) is 62.4 Å². The van der Waals surface area contributed by atoms with Gasteiger partial charge in [-0.05, 0) is 60.4 Å². The van der Waals surface area contributed by atoms with Crippen molar-refractivity contribution in [1.29, 1.82) is 0 Å².